The van der Waals surface area contributed by atoms with Crippen LogP contribution in [0, 0.1) is 6.92 Å². The van der Waals surface area contributed by atoms with E-state index in [1.807, 2.05) is 0 Å². The third kappa shape index (κ3) is 2.99. The van der Waals surface area contributed by atoms with Gasteiger partial charge in [0.25, 0.3) is 5.78 Å². The summed E-state index contributed by atoms with van der Waals surface area (Å²) in [5, 5.41) is -1.26. The molecule has 4 nitrogen and oxygen atoms in total. The molecular weight excluding hydrogens is 391 g/mol. The van der Waals surface area contributed by atoms with Crippen molar-refractivity contribution in [3.63, 3.8) is 0 Å². The Morgan fingerprint density at radius 1 is 1.08 bits per heavy atom. The molecule has 0 saturated carbocycles. The number of carbonyl (C=O) groups is 1. The fraction of sp³-hybridized carbons (Fsp3) is 0.118. The van der Waals surface area contributed by atoms with Gasteiger partial charge >= 0.3 is 6.18 Å². The van der Waals surface area contributed by atoms with Gasteiger partial charge in [-0.3, -0.25) is 4.79 Å². The van der Waals surface area contributed by atoms with Crippen LogP contribution in [-0.4, -0.2) is 25.4 Å². The zero-order chi connectivity index (χ0) is 19.3. The first-order valence-corrected chi connectivity index (χ1v) is 9.13. The number of aromatic amines is 1. The molecule has 2 aromatic carbocycles. The number of hydrogen-bond donors (Lipinski definition) is 1. The maximum atomic E-state index is 13.1. The average Bonchev–Trinajstić information content (AvgIpc) is 2.95. The highest BCUT2D eigenvalue weighted by Gasteiger charge is 2.44. The van der Waals surface area contributed by atoms with Crippen LogP contribution in [0.2, 0.25) is 5.02 Å². The normalized spacial score (nSPS) is 12.5. The lowest BCUT2D eigenvalue weighted by Crippen LogP contribution is -2.24. The number of alkyl halides is 3. The summed E-state index contributed by atoms with van der Waals surface area (Å²) < 4.78 is 65.1. The number of carbonyl (C=O) groups excluding carboxylic acids is 1. The number of rotatable bonds is 3. The molecule has 0 atom stereocenters. The first kappa shape index (κ1) is 18.5. The van der Waals surface area contributed by atoms with Gasteiger partial charge in [0.15, 0.2) is 0 Å². The van der Waals surface area contributed by atoms with Crippen molar-refractivity contribution in [3.05, 3.63) is 58.6 Å². The molecule has 0 aliphatic heterocycles. The second-order valence-corrected chi connectivity index (χ2v) is 7.93. The van der Waals surface area contributed by atoms with Crippen LogP contribution >= 0.6 is 11.6 Å². The van der Waals surface area contributed by atoms with E-state index in [0.717, 1.165) is 5.56 Å². The van der Waals surface area contributed by atoms with E-state index >= 15 is 0 Å². The summed E-state index contributed by atoms with van der Waals surface area (Å²) in [6.07, 6.45) is -5.26. The minimum absolute atomic E-state index is 0.0239. The van der Waals surface area contributed by atoms with Gasteiger partial charge in [0.1, 0.15) is 5.03 Å². The van der Waals surface area contributed by atoms with Gasteiger partial charge in [0, 0.05) is 10.9 Å². The second-order valence-electron chi connectivity index (χ2n) is 5.63. The molecular formula is C17H11ClF3NO3S. The smallest absolute Gasteiger partial charge is 0.345 e. The van der Waals surface area contributed by atoms with Crippen molar-refractivity contribution in [3.8, 4) is 0 Å². The molecule has 0 bridgehead atoms. The van der Waals surface area contributed by atoms with E-state index in [2.05, 4.69) is 4.98 Å². The lowest BCUT2D eigenvalue weighted by molar-refractivity contribution is -0.0886. The Balaban J connectivity index is 2.38. The Kier molecular flexibility index (Phi) is 4.36. The maximum Gasteiger partial charge on any atom is 0.454 e. The minimum Gasteiger partial charge on any atom is -0.345 e. The summed E-state index contributed by atoms with van der Waals surface area (Å²) in [5.74, 6) is -2.28. The monoisotopic (exact) mass is 401 g/mol. The van der Waals surface area contributed by atoms with Crippen molar-refractivity contribution >= 4 is 38.1 Å². The number of fused-ring (bicyclic) bond motifs is 1. The van der Waals surface area contributed by atoms with Gasteiger partial charge in [-0.25, -0.2) is 8.42 Å². The molecule has 0 spiro atoms. The van der Waals surface area contributed by atoms with E-state index in [0.29, 0.717) is 0 Å². The molecule has 0 amide bonds. The second kappa shape index (κ2) is 6.14. The Hall–Kier alpha value is -2.32. The number of halogens is 4. The Morgan fingerprint density at radius 2 is 1.69 bits per heavy atom. The van der Waals surface area contributed by atoms with Crippen LogP contribution in [0.25, 0.3) is 10.9 Å². The molecule has 1 aromatic heterocycles. The van der Waals surface area contributed by atoms with Crippen LogP contribution < -0.4 is 0 Å². The summed E-state index contributed by atoms with van der Waals surface area (Å²) in [6, 6.07) is 9.61. The molecule has 0 aliphatic carbocycles. The van der Waals surface area contributed by atoms with Gasteiger partial charge in [-0.2, -0.15) is 13.2 Å². The number of hydrogen-bond acceptors (Lipinski definition) is 3. The van der Waals surface area contributed by atoms with Gasteiger partial charge in [0.05, 0.1) is 15.5 Å². The molecule has 0 radical (unpaired) electrons. The third-order valence-electron chi connectivity index (χ3n) is 3.82. The van der Waals surface area contributed by atoms with Crippen LogP contribution in [0.5, 0.6) is 0 Å². The number of sulfone groups is 1. The van der Waals surface area contributed by atoms with Gasteiger partial charge in [-0.1, -0.05) is 35.4 Å². The molecule has 9 heteroatoms. The van der Waals surface area contributed by atoms with Crippen LogP contribution in [0.4, 0.5) is 13.2 Å². The van der Waals surface area contributed by atoms with Gasteiger partial charge < -0.3 is 4.98 Å². The number of ketones is 1. The molecule has 0 aliphatic rings. The van der Waals surface area contributed by atoms with E-state index in [1.54, 1.807) is 6.92 Å². The Morgan fingerprint density at radius 3 is 2.27 bits per heavy atom. The summed E-state index contributed by atoms with van der Waals surface area (Å²) >= 11 is 5.95. The number of H-pyrrole nitrogens is 1. The van der Waals surface area contributed by atoms with Crippen LogP contribution in [-0.2, 0) is 9.84 Å². The molecule has 0 saturated heterocycles. The third-order valence-corrected chi connectivity index (χ3v) is 5.87. The predicted octanol–water partition coefficient (Wildman–Crippen LogP) is 4.71. The van der Waals surface area contributed by atoms with Gasteiger partial charge in [0.2, 0.25) is 9.84 Å². The van der Waals surface area contributed by atoms with Crippen molar-refractivity contribution in [1.82, 2.24) is 4.98 Å². The number of nitrogens with one attached hydrogen (secondary N) is 1. The molecule has 0 unspecified atom stereocenters. The first-order valence-electron chi connectivity index (χ1n) is 7.27. The average molecular weight is 402 g/mol. The summed E-state index contributed by atoms with van der Waals surface area (Å²) in [7, 11) is -4.41. The quantitative estimate of drug-likeness (QED) is 0.646. The fourth-order valence-electron chi connectivity index (χ4n) is 2.58. The lowest BCUT2D eigenvalue weighted by Gasteiger charge is -2.09. The molecule has 26 heavy (non-hydrogen) atoms. The Labute approximate surface area is 151 Å². The van der Waals surface area contributed by atoms with E-state index in [-0.39, 0.29) is 20.8 Å². The van der Waals surface area contributed by atoms with E-state index in [4.69, 9.17) is 11.6 Å². The van der Waals surface area contributed by atoms with Crippen molar-refractivity contribution in [2.24, 2.45) is 0 Å². The van der Waals surface area contributed by atoms with Crippen molar-refractivity contribution < 1.29 is 26.4 Å². The number of benzene rings is 2. The fourth-order valence-corrected chi connectivity index (χ4v) is 4.28. The minimum atomic E-state index is -5.26. The Bertz CT molecular complexity index is 1120. The molecule has 0 fully saturated rings. The largest absolute Gasteiger partial charge is 0.454 e. The number of aryl methyl sites for hydroxylation is 1. The van der Waals surface area contributed by atoms with E-state index in [1.165, 1.54) is 42.5 Å². The summed E-state index contributed by atoms with van der Waals surface area (Å²) in [4.78, 5) is 14.2. The summed E-state index contributed by atoms with van der Waals surface area (Å²) in [6.45, 7) is 1.73. The highest BCUT2D eigenvalue weighted by Crippen LogP contribution is 2.37. The van der Waals surface area contributed by atoms with E-state index < -0.39 is 32.4 Å². The molecule has 136 valence electrons. The lowest BCUT2D eigenvalue weighted by atomic mass is 10.1. The topological polar surface area (TPSA) is 67.0 Å². The SMILES string of the molecule is Cc1ccc(S(=O)(=O)c2[nH]c3cccc(Cl)c3c2C(=O)C(F)(F)F)cc1. The van der Waals surface area contributed by atoms with Crippen molar-refractivity contribution in [2.45, 2.75) is 23.0 Å². The predicted molar refractivity (Wildman–Crippen MR) is 90.3 cm³/mol. The first-order chi connectivity index (χ1) is 12.0. The zero-order valence-electron chi connectivity index (χ0n) is 13.2. The number of aromatic nitrogens is 1. The van der Waals surface area contributed by atoms with Crippen LogP contribution in [0.15, 0.2) is 52.4 Å². The summed E-state index contributed by atoms with van der Waals surface area (Å²) in [5.41, 5.74) is -0.204. The maximum absolute atomic E-state index is 13.1. The molecule has 1 N–H and O–H groups in total. The standard InChI is InChI=1S/C17H11ClF3NO3S/c1-9-5-7-10(8-6-9)26(24,25)16-14(15(23)17(19,20)21)13-11(18)3-2-4-12(13)22-16/h2-8,22H,1H3. The highest BCUT2D eigenvalue weighted by atomic mass is 35.5. The van der Waals surface area contributed by atoms with Crippen molar-refractivity contribution in [2.75, 3.05) is 0 Å². The molecule has 1 heterocycles. The van der Waals surface area contributed by atoms with Gasteiger partial charge in [-0.05, 0) is 31.2 Å². The van der Waals surface area contributed by atoms with E-state index in [9.17, 15) is 26.4 Å². The van der Waals surface area contributed by atoms with Gasteiger partial charge in [-0.15, -0.1) is 0 Å². The highest BCUT2D eigenvalue weighted by molar-refractivity contribution is 7.91. The van der Waals surface area contributed by atoms with Crippen LogP contribution in [0.3, 0.4) is 0 Å². The zero-order valence-corrected chi connectivity index (χ0v) is 14.8. The molecule has 3 rings (SSSR count). The molecule has 3 aromatic rings. The van der Waals surface area contributed by atoms with Crippen molar-refractivity contribution in [1.29, 1.82) is 0 Å². The number of Topliss-reactive ketones (excluding diaryl/α,β-unsaturated/α-hetero) is 1. The van der Waals surface area contributed by atoms with Crippen LogP contribution in [0.1, 0.15) is 15.9 Å².